The van der Waals surface area contributed by atoms with Crippen molar-refractivity contribution in [1.82, 2.24) is 5.32 Å². The smallest absolute Gasteiger partial charge is 0.328 e. The number of nitrogens with zero attached hydrogens (tertiary/aromatic N) is 1. The molecule has 0 spiro atoms. The molecule has 0 amide bonds. The van der Waals surface area contributed by atoms with Crippen LogP contribution in [0.4, 0.5) is 5.69 Å². The van der Waals surface area contributed by atoms with Gasteiger partial charge >= 0.3 is 11.9 Å². The quantitative estimate of drug-likeness (QED) is 0.644. The molecule has 0 radical (unpaired) electrons. The van der Waals surface area contributed by atoms with Crippen molar-refractivity contribution in [3.05, 3.63) is 35.4 Å². The van der Waals surface area contributed by atoms with Crippen LogP contribution in [-0.2, 0) is 27.2 Å². The Morgan fingerprint density at radius 3 is 2.39 bits per heavy atom. The summed E-state index contributed by atoms with van der Waals surface area (Å²) in [6.07, 6.45) is 3.32. The zero-order valence-corrected chi connectivity index (χ0v) is 16.3. The summed E-state index contributed by atoms with van der Waals surface area (Å²) in [5, 5.41) is 19.1. The number of ether oxygens (including phenoxy) is 2. The zero-order chi connectivity index (χ0) is 20.5. The number of nitrogens with one attached hydrogen (secondary N) is 1. The summed E-state index contributed by atoms with van der Waals surface area (Å²) >= 11 is 0. The van der Waals surface area contributed by atoms with Gasteiger partial charge in [0.2, 0.25) is 0 Å². The number of aliphatic carboxylic acids is 2. The molecule has 0 aliphatic carbocycles. The maximum Gasteiger partial charge on any atom is 0.328 e. The number of hydrogen-bond donors (Lipinski definition) is 3. The van der Waals surface area contributed by atoms with Gasteiger partial charge in [0, 0.05) is 25.8 Å². The largest absolute Gasteiger partial charge is 0.489 e. The fourth-order valence-corrected chi connectivity index (χ4v) is 3.24. The number of benzene rings is 1. The molecule has 1 atom stereocenters. The van der Waals surface area contributed by atoms with Gasteiger partial charge in [-0.1, -0.05) is 0 Å². The van der Waals surface area contributed by atoms with E-state index in [2.05, 4.69) is 29.3 Å². The van der Waals surface area contributed by atoms with Gasteiger partial charge in [-0.05, 0) is 56.1 Å². The first-order valence-electron chi connectivity index (χ1n) is 9.31. The normalized spacial score (nSPS) is 18.2. The van der Waals surface area contributed by atoms with Gasteiger partial charge < -0.3 is 29.9 Å². The third-order valence-electron chi connectivity index (χ3n) is 4.65. The molecule has 28 heavy (non-hydrogen) atoms. The highest BCUT2D eigenvalue weighted by Gasteiger charge is 2.25. The van der Waals surface area contributed by atoms with Crippen molar-refractivity contribution in [2.24, 2.45) is 0 Å². The van der Waals surface area contributed by atoms with E-state index in [1.807, 2.05) is 0 Å². The Hall–Kier alpha value is -2.58. The monoisotopic (exact) mass is 392 g/mol. The van der Waals surface area contributed by atoms with E-state index in [1.54, 1.807) is 7.11 Å². The van der Waals surface area contributed by atoms with Crippen molar-refractivity contribution in [2.45, 2.75) is 25.8 Å². The molecule has 0 aromatic heterocycles. The average Bonchev–Trinajstić information content (AvgIpc) is 2.89. The van der Waals surface area contributed by atoms with Gasteiger partial charge in [-0.25, -0.2) is 9.59 Å². The predicted molar refractivity (Wildman–Crippen MR) is 105 cm³/mol. The molecule has 2 aliphatic heterocycles. The van der Waals surface area contributed by atoms with Crippen molar-refractivity contribution in [3.63, 3.8) is 0 Å². The van der Waals surface area contributed by atoms with Crippen LogP contribution in [0.3, 0.4) is 0 Å². The third kappa shape index (κ3) is 6.24. The second kappa shape index (κ2) is 10.7. The lowest BCUT2D eigenvalue weighted by Gasteiger charge is -2.37. The maximum absolute atomic E-state index is 9.55. The molecule has 0 fully saturated rings. The molecule has 2 aliphatic rings. The second-order valence-electron chi connectivity index (χ2n) is 6.69. The fraction of sp³-hybridized carbons (Fsp3) is 0.500. The Labute approximate surface area is 164 Å². The molecule has 3 N–H and O–H groups in total. The van der Waals surface area contributed by atoms with E-state index in [9.17, 15) is 9.59 Å². The van der Waals surface area contributed by atoms with Crippen LogP contribution >= 0.6 is 0 Å². The Kier molecular flexibility index (Phi) is 8.28. The number of hydrogen-bond acceptors (Lipinski definition) is 6. The SMILES string of the molecule is COCCN1c2cc3c(cc2OC[C@H]1C)CCNCC3.O=C(O)/C=C/C(=O)O. The number of carbonyl (C=O) groups is 2. The first-order valence-corrected chi connectivity index (χ1v) is 9.31. The molecule has 0 saturated carbocycles. The minimum atomic E-state index is -1.26. The van der Waals surface area contributed by atoms with E-state index in [0.717, 1.165) is 51.4 Å². The van der Waals surface area contributed by atoms with Crippen LogP contribution in [0.2, 0.25) is 0 Å². The van der Waals surface area contributed by atoms with Crippen molar-refractivity contribution in [1.29, 1.82) is 0 Å². The standard InChI is InChI=1S/C16H24N2O2.C4H4O4/c1-12-11-20-16-10-14-4-6-17-5-3-13(14)9-15(16)18(12)7-8-19-2;5-3(6)1-2-4(7)8/h9-10,12,17H,3-8,11H2,1-2H3;1-2H,(H,5,6)(H,7,8)/b;2-1+/t12-;/m1./s1. The molecule has 154 valence electrons. The van der Waals surface area contributed by atoms with E-state index in [1.165, 1.54) is 16.8 Å². The van der Waals surface area contributed by atoms with Gasteiger partial charge in [-0.2, -0.15) is 0 Å². The Morgan fingerprint density at radius 1 is 1.21 bits per heavy atom. The van der Waals surface area contributed by atoms with Gasteiger partial charge in [0.1, 0.15) is 12.4 Å². The van der Waals surface area contributed by atoms with Crippen LogP contribution < -0.4 is 15.0 Å². The lowest BCUT2D eigenvalue weighted by Crippen LogP contribution is -2.43. The number of fused-ring (bicyclic) bond motifs is 2. The maximum atomic E-state index is 9.55. The first-order chi connectivity index (χ1) is 13.4. The second-order valence-corrected chi connectivity index (χ2v) is 6.69. The van der Waals surface area contributed by atoms with E-state index in [4.69, 9.17) is 19.7 Å². The topological polar surface area (TPSA) is 108 Å². The van der Waals surface area contributed by atoms with Gasteiger partial charge in [0.15, 0.2) is 0 Å². The molecular formula is C20H28N2O6. The number of rotatable bonds is 5. The molecule has 8 nitrogen and oxygen atoms in total. The summed E-state index contributed by atoms with van der Waals surface area (Å²) in [4.78, 5) is 21.5. The Morgan fingerprint density at radius 2 is 1.82 bits per heavy atom. The molecular weight excluding hydrogens is 364 g/mol. The summed E-state index contributed by atoms with van der Waals surface area (Å²) in [5.74, 6) is -1.47. The highest BCUT2D eigenvalue weighted by atomic mass is 16.5. The van der Waals surface area contributed by atoms with Crippen LogP contribution in [-0.4, -0.2) is 68.2 Å². The van der Waals surface area contributed by atoms with Crippen molar-refractivity contribution >= 4 is 17.6 Å². The molecule has 3 rings (SSSR count). The van der Waals surface area contributed by atoms with Gasteiger partial charge in [-0.3, -0.25) is 0 Å². The third-order valence-corrected chi connectivity index (χ3v) is 4.65. The van der Waals surface area contributed by atoms with E-state index < -0.39 is 11.9 Å². The van der Waals surface area contributed by atoms with Crippen molar-refractivity contribution in [3.8, 4) is 5.75 Å². The van der Waals surface area contributed by atoms with Crippen LogP contribution in [0.15, 0.2) is 24.3 Å². The van der Waals surface area contributed by atoms with Crippen molar-refractivity contribution in [2.75, 3.05) is 44.9 Å². The van der Waals surface area contributed by atoms with Gasteiger partial charge in [0.05, 0.1) is 18.3 Å². The van der Waals surface area contributed by atoms with Crippen LogP contribution in [0.25, 0.3) is 0 Å². The molecule has 1 aromatic carbocycles. The average molecular weight is 392 g/mol. The first kappa shape index (κ1) is 21.7. The van der Waals surface area contributed by atoms with E-state index in [-0.39, 0.29) is 0 Å². The highest BCUT2D eigenvalue weighted by molar-refractivity contribution is 5.89. The summed E-state index contributed by atoms with van der Waals surface area (Å²) in [6, 6.07) is 4.99. The molecule has 0 bridgehead atoms. The Balaban J connectivity index is 0.000000300. The summed E-state index contributed by atoms with van der Waals surface area (Å²) in [5.41, 5.74) is 4.14. The minimum absolute atomic E-state index is 0.402. The summed E-state index contributed by atoms with van der Waals surface area (Å²) in [6.45, 7) is 6.78. The molecule has 1 aromatic rings. The zero-order valence-electron chi connectivity index (χ0n) is 16.3. The van der Waals surface area contributed by atoms with Gasteiger partial charge in [0.25, 0.3) is 0 Å². The van der Waals surface area contributed by atoms with Crippen LogP contribution in [0, 0.1) is 0 Å². The van der Waals surface area contributed by atoms with Crippen molar-refractivity contribution < 1.29 is 29.3 Å². The van der Waals surface area contributed by atoms with E-state index >= 15 is 0 Å². The molecule has 8 heteroatoms. The fourth-order valence-electron chi connectivity index (χ4n) is 3.24. The van der Waals surface area contributed by atoms with Crippen LogP contribution in [0.5, 0.6) is 5.75 Å². The number of anilines is 1. The lowest BCUT2D eigenvalue weighted by atomic mass is 9.99. The number of carboxylic acid groups (broad SMARTS) is 2. The summed E-state index contributed by atoms with van der Waals surface area (Å²) < 4.78 is 11.2. The minimum Gasteiger partial charge on any atom is -0.489 e. The highest BCUT2D eigenvalue weighted by Crippen LogP contribution is 2.37. The van der Waals surface area contributed by atoms with Crippen LogP contribution in [0.1, 0.15) is 18.1 Å². The predicted octanol–water partition coefficient (Wildman–Crippen LogP) is 1.32. The number of carboxylic acids is 2. The summed E-state index contributed by atoms with van der Waals surface area (Å²) in [7, 11) is 1.76. The van der Waals surface area contributed by atoms with Gasteiger partial charge in [-0.15, -0.1) is 0 Å². The molecule has 0 saturated heterocycles. The number of methoxy groups -OCH3 is 1. The Bertz CT molecular complexity index is 703. The lowest BCUT2D eigenvalue weighted by molar-refractivity contribution is -0.134. The van der Waals surface area contributed by atoms with E-state index in [0.29, 0.717) is 18.2 Å². The molecule has 2 heterocycles. The molecule has 0 unspecified atom stereocenters.